The third-order valence-corrected chi connectivity index (χ3v) is 8.63. The summed E-state index contributed by atoms with van der Waals surface area (Å²) in [6, 6.07) is 6.47. The molecule has 3 rings (SSSR count). The van der Waals surface area contributed by atoms with E-state index in [-0.39, 0.29) is 43.0 Å². The van der Waals surface area contributed by atoms with Crippen molar-refractivity contribution in [2.45, 2.75) is 109 Å². The molecule has 1 heterocycles. The number of Topliss-reactive ketones (excluding diaryl/α,β-unsaturated/α-hetero) is 3. The molecule has 222 valence electrons. The number of methoxy groups -OCH3 is 1. The molecule has 0 radical (unpaired) electrons. The molecule has 5 atom stereocenters. The molecular formula is C32H47NO7. The molecule has 2 aliphatic rings. The highest BCUT2D eigenvalue weighted by atomic mass is 16.6. The lowest BCUT2D eigenvalue weighted by Gasteiger charge is -2.25. The van der Waals surface area contributed by atoms with Crippen LogP contribution in [0, 0.1) is 17.8 Å². The van der Waals surface area contributed by atoms with E-state index in [9.17, 15) is 24.3 Å². The molecule has 1 aliphatic heterocycles. The molecule has 2 fully saturated rings. The topological polar surface area (TPSA) is 122 Å². The Morgan fingerprint density at radius 1 is 1.15 bits per heavy atom. The lowest BCUT2D eigenvalue weighted by atomic mass is 9.81. The van der Waals surface area contributed by atoms with Gasteiger partial charge in [-0.1, -0.05) is 51.7 Å². The molecule has 1 aromatic rings. The van der Waals surface area contributed by atoms with Gasteiger partial charge in [0.25, 0.3) is 0 Å². The van der Waals surface area contributed by atoms with Gasteiger partial charge in [-0.15, -0.1) is 0 Å². The fraction of sp³-hybridized carbons (Fsp3) is 0.688. The highest BCUT2D eigenvalue weighted by Gasteiger charge is 2.50. The number of rotatable bonds is 17. The number of ether oxygens (including phenoxy) is 2. The fourth-order valence-electron chi connectivity index (χ4n) is 5.61. The van der Waals surface area contributed by atoms with Crippen LogP contribution in [0.5, 0.6) is 5.75 Å². The fourth-order valence-corrected chi connectivity index (χ4v) is 5.61. The zero-order valence-corrected chi connectivity index (χ0v) is 24.8. The van der Waals surface area contributed by atoms with Gasteiger partial charge in [0.1, 0.15) is 17.1 Å². The summed E-state index contributed by atoms with van der Waals surface area (Å²) in [4.78, 5) is 52.9. The minimum Gasteiger partial charge on any atom is -0.497 e. The Morgan fingerprint density at radius 3 is 2.33 bits per heavy atom. The third kappa shape index (κ3) is 9.23. The molecule has 1 aromatic carbocycles. The van der Waals surface area contributed by atoms with Crippen molar-refractivity contribution in [3.05, 3.63) is 29.8 Å². The van der Waals surface area contributed by atoms with Gasteiger partial charge in [0, 0.05) is 31.1 Å². The van der Waals surface area contributed by atoms with Crippen LogP contribution in [0.3, 0.4) is 0 Å². The van der Waals surface area contributed by atoms with Crippen molar-refractivity contribution in [3.8, 4) is 5.75 Å². The van der Waals surface area contributed by atoms with Crippen LogP contribution >= 0.6 is 0 Å². The van der Waals surface area contributed by atoms with Gasteiger partial charge in [-0.05, 0) is 56.7 Å². The summed E-state index contributed by atoms with van der Waals surface area (Å²) in [7, 11) is 1.58. The van der Waals surface area contributed by atoms with Gasteiger partial charge >= 0.3 is 0 Å². The first kappa shape index (κ1) is 31.9. The number of benzene rings is 1. The molecule has 0 aromatic heterocycles. The van der Waals surface area contributed by atoms with Crippen molar-refractivity contribution in [3.63, 3.8) is 0 Å². The predicted octanol–water partition coefficient (Wildman–Crippen LogP) is 4.38. The zero-order chi connectivity index (χ0) is 29.5. The number of amides is 1. The summed E-state index contributed by atoms with van der Waals surface area (Å²) < 4.78 is 10.7. The van der Waals surface area contributed by atoms with E-state index in [2.05, 4.69) is 5.32 Å². The standard InChI is InChI=1S/C32H47NO7/c1-6-31(3,38)19-25(34)15-21(2)30(37)33-27(17-23-11-13-26(39-5)14-12-23)28(35)18-24(16-22-9-7-8-10-22)29(36)32(4)20-40-32/h11-14,21-22,24,27,38H,6-10,15-20H2,1-5H3,(H,33,37)/t21-,24+,27-,31-,32+/m0/s1. The molecule has 8 nitrogen and oxygen atoms in total. The van der Waals surface area contributed by atoms with Gasteiger partial charge in [0.05, 0.1) is 25.4 Å². The number of epoxide rings is 1. The molecule has 1 aliphatic carbocycles. The predicted molar refractivity (Wildman–Crippen MR) is 152 cm³/mol. The molecule has 1 saturated heterocycles. The van der Waals surface area contributed by atoms with Crippen molar-refractivity contribution < 1.29 is 33.8 Å². The van der Waals surface area contributed by atoms with Crippen LogP contribution in [0.15, 0.2) is 24.3 Å². The van der Waals surface area contributed by atoms with Crippen LogP contribution in [0.4, 0.5) is 0 Å². The Balaban J connectivity index is 1.74. The minimum absolute atomic E-state index is 0.0239. The zero-order valence-electron chi connectivity index (χ0n) is 24.8. The van der Waals surface area contributed by atoms with Crippen LogP contribution in [0.25, 0.3) is 0 Å². The summed E-state index contributed by atoms with van der Waals surface area (Å²) in [5.74, 6) is -0.827. The summed E-state index contributed by atoms with van der Waals surface area (Å²) >= 11 is 0. The van der Waals surface area contributed by atoms with E-state index in [0.717, 1.165) is 31.2 Å². The first-order valence-corrected chi connectivity index (χ1v) is 14.7. The summed E-state index contributed by atoms with van der Waals surface area (Å²) in [5.41, 5.74) is -1.08. The first-order valence-electron chi connectivity index (χ1n) is 14.7. The van der Waals surface area contributed by atoms with Crippen LogP contribution in [-0.4, -0.2) is 59.3 Å². The maximum Gasteiger partial charge on any atom is 0.223 e. The smallest absolute Gasteiger partial charge is 0.223 e. The van der Waals surface area contributed by atoms with Gasteiger partial charge in [-0.3, -0.25) is 19.2 Å². The number of aliphatic hydroxyl groups is 1. The molecule has 0 spiro atoms. The van der Waals surface area contributed by atoms with E-state index in [1.54, 1.807) is 46.9 Å². The SMILES string of the molecule is CC[C@](C)(O)CC(=O)C[C@H](C)C(=O)N[C@@H](Cc1ccc(OC)cc1)C(=O)C[C@@H](CC1CCCC1)C(=O)[C@@]1(C)CO1. The van der Waals surface area contributed by atoms with E-state index >= 15 is 0 Å². The summed E-state index contributed by atoms with van der Waals surface area (Å²) in [5, 5.41) is 13.1. The number of carbonyl (C=O) groups excluding carboxylic acids is 4. The summed E-state index contributed by atoms with van der Waals surface area (Å²) in [6.07, 6.45) is 5.78. The molecule has 1 amide bonds. The van der Waals surface area contributed by atoms with E-state index in [1.807, 2.05) is 12.1 Å². The Labute approximate surface area is 238 Å². The Morgan fingerprint density at radius 2 is 1.77 bits per heavy atom. The Hall–Kier alpha value is -2.58. The average molecular weight is 558 g/mol. The second-order valence-electron chi connectivity index (χ2n) is 12.4. The summed E-state index contributed by atoms with van der Waals surface area (Å²) in [6.45, 7) is 7.23. The van der Waals surface area contributed by atoms with Gasteiger partial charge in [0.2, 0.25) is 5.91 Å². The first-order chi connectivity index (χ1) is 18.9. The van der Waals surface area contributed by atoms with Crippen molar-refractivity contribution in [1.82, 2.24) is 5.32 Å². The number of hydrogen-bond acceptors (Lipinski definition) is 7. The van der Waals surface area contributed by atoms with Crippen molar-refractivity contribution >= 4 is 23.3 Å². The van der Waals surface area contributed by atoms with E-state index in [0.29, 0.717) is 31.1 Å². The second kappa shape index (κ2) is 13.9. The average Bonchev–Trinajstić information content (AvgIpc) is 3.45. The largest absolute Gasteiger partial charge is 0.497 e. The number of carbonyl (C=O) groups is 4. The Bertz CT molecular complexity index is 1040. The van der Waals surface area contributed by atoms with Gasteiger partial charge in [-0.25, -0.2) is 0 Å². The van der Waals surface area contributed by atoms with Crippen molar-refractivity contribution in [2.75, 3.05) is 13.7 Å². The number of ketones is 3. The third-order valence-electron chi connectivity index (χ3n) is 8.63. The number of nitrogens with one attached hydrogen (secondary N) is 1. The monoisotopic (exact) mass is 557 g/mol. The van der Waals surface area contributed by atoms with Crippen molar-refractivity contribution in [1.29, 1.82) is 0 Å². The lowest BCUT2D eigenvalue weighted by Crippen LogP contribution is -2.46. The molecule has 1 saturated carbocycles. The van der Waals surface area contributed by atoms with Gasteiger partial charge in [-0.2, -0.15) is 0 Å². The second-order valence-corrected chi connectivity index (χ2v) is 12.4. The molecule has 0 bridgehead atoms. The highest BCUT2D eigenvalue weighted by Crippen LogP contribution is 2.37. The van der Waals surface area contributed by atoms with Crippen LogP contribution < -0.4 is 10.1 Å². The lowest BCUT2D eigenvalue weighted by molar-refractivity contribution is -0.135. The molecular weight excluding hydrogens is 510 g/mol. The molecule has 2 N–H and O–H groups in total. The molecule has 8 heteroatoms. The number of hydrogen-bond donors (Lipinski definition) is 2. The van der Waals surface area contributed by atoms with Crippen LogP contribution in [-0.2, 0) is 30.3 Å². The van der Waals surface area contributed by atoms with E-state index in [1.165, 1.54) is 0 Å². The highest BCUT2D eigenvalue weighted by molar-refractivity contribution is 5.97. The molecule has 40 heavy (non-hydrogen) atoms. The maximum absolute atomic E-state index is 13.8. The van der Waals surface area contributed by atoms with Gasteiger partial charge < -0.3 is 19.9 Å². The minimum atomic E-state index is -1.11. The van der Waals surface area contributed by atoms with Gasteiger partial charge in [0.15, 0.2) is 11.6 Å². The van der Waals surface area contributed by atoms with Crippen molar-refractivity contribution in [2.24, 2.45) is 17.8 Å². The Kier molecular flexibility index (Phi) is 11.1. The maximum atomic E-state index is 13.8. The normalized spacial score (nSPS) is 22.6. The van der Waals surface area contributed by atoms with Crippen LogP contribution in [0.1, 0.15) is 91.0 Å². The quantitative estimate of drug-likeness (QED) is 0.273. The van der Waals surface area contributed by atoms with E-state index in [4.69, 9.17) is 9.47 Å². The van der Waals surface area contributed by atoms with E-state index < -0.39 is 35.0 Å². The van der Waals surface area contributed by atoms with Crippen LogP contribution in [0.2, 0.25) is 0 Å². The molecule has 0 unspecified atom stereocenters.